The van der Waals surface area contributed by atoms with Crippen molar-refractivity contribution >= 4 is 15.9 Å². The molecule has 2 atom stereocenters. The van der Waals surface area contributed by atoms with E-state index in [0.717, 1.165) is 18.5 Å². The first-order valence-corrected chi connectivity index (χ1v) is 7.05. The SMILES string of the molecule is CCNC1CCC(Cc2ccccc2Br)C1. The molecule has 88 valence electrons. The molecule has 2 rings (SSSR count). The molecule has 0 aliphatic heterocycles. The molecule has 16 heavy (non-hydrogen) atoms. The zero-order valence-corrected chi connectivity index (χ0v) is 11.5. The number of hydrogen-bond donors (Lipinski definition) is 1. The van der Waals surface area contributed by atoms with Gasteiger partial charge in [-0.15, -0.1) is 0 Å². The Morgan fingerprint density at radius 1 is 1.31 bits per heavy atom. The Balaban J connectivity index is 1.90. The maximum atomic E-state index is 3.63. The van der Waals surface area contributed by atoms with Crippen molar-refractivity contribution in [3.05, 3.63) is 34.3 Å². The fourth-order valence-corrected chi connectivity index (χ4v) is 3.16. The molecule has 1 aliphatic carbocycles. The van der Waals surface area contributed by atoms with Gasteiger partial charge in [0.1, 0.15) is 0 Å². The van der Waals surface area contributed by atoms with Crippen molar-refractivity contribution in [2.45, 2.75) is 38.6 Å². The Morgan fingerprint density at radius 3 is 2.88 bits per heavy atom. The fourth-order valence-electron chi connectivity index (χ4n) is 2.71. The van der Waals surface area contributed by atoms with Crippen molar-refractivity contribution in [1.29, 1.82) is 0 Å². The van der Waals surface area contributed by atoms with E-state index in [9.17, 15) is 0 Å². The van der Waals surface area contributed by atoms with Gasteiger partial charge in [-0.1, -0.05) is 41.1 Å². The summed E-state index contributed by atoms with van der Waals surface area (Å²) in [4.78, 5) is 0. The Labute approximate surface area is 107 Å². The van der Waals surface area contributed by atoms with Gasteiger partial charge in [-0.3, -0.25) is 0 Å². The molecule has 1 aliphatic rings. The molecule has 1 aromatic rings. The zero-order chi connectivity index (χ0) is 11.4. The van der Waals surface area contributed by atoms with E-state index in [4.69, 9.17) is 0 Å². The van der Waals surface area contributed by atoms with Gasteiger partial charge in [-0.05, 0) is 49.8 Å². The summed E-state index contributed by atoms with van der Waals surface area (Å²) in [6.07, 6.45) is 5.29. The van der Waals surface area contributed by atoms with Crippen LogP contribution in [-0.4, -0.2) is 12.6 Å². The molecule has 0 amide bonds. The second-order valence-corrected chi connectivity index (χ2v) is 5.58. The fraction of sp³-hybridized carbons (Fsp3) is 0.571. The van der Waals surface area contributed by atoms with Crippen LogP contribution in [0.2, 0.25) is 0 Å². The Kier molecular flexibility index (Phi) is 4.42. The van der Waals surface area contributed by atoms with E-state index in [0.29, 0.717) is 0 Å². The Bertz CT molecular complexity index is 337. The van der Waals surface area contributed by atoms with Crippen LogP contribution in [0.4, 0.5) is 0 Å². The van der Waals surface area contributed by atoms with Gasteiger partial charge in [0.05, 0.1) is 0 Å². The third-order valence-corrected chi connectivity index (χ3v) is 4.27. The number of rotatable bonds is 4. The topological polar surface area (TPSA) is 12.0 Å². The van der Waals surface area contributed by atoms with Crippen LogP contribution in [0.15, 0.2) is 28.7 Å². The lowest BCUT2D eigenvalue weighted by molar-refractivity contribution is 0.493. The monoisotopic (exact) mass is 281 g/mol. The number of nitrogens with one attached hydrogen (secondary N) is 1. The molecule has 0 spiro atoms. The molecule has 0 radical (unpaired) electrons. The minimum Gasteiger partial charge on any atom is -0.314 e. The quantitative estimate of drug-likeness (QED) is 0.886. The van der Waals surface area contributed by atoms with Gasteiger partial charge >= 0.3 is 0 Å². The molecule has 0 heterocycles. The minimum absolute atomic E-state index is 0.762. The van der Waals surface area contributed by atoms with E-state index >= 15 is 0 Å². The molecule has 0 saturated heterocycles. The van der Waals surface area contributed by atoms with Gasteiger partial charge in [-0.25, -0.2) is 0 Å². The average molecular weight is 282 g/mol. The number of benzene rings is 1. The van der Waals surface area contributed by atoms with Gasteiger partial charge in [0.25, 0.3) is 0 Å². The molecule has 0 aromatic heterocycles. The van der Waals surface area contributed by atoms with Crippen LogP contribution < -0.4 is 5.32 Å². The Hall–Kier alpha value is -0.340. The standard InChI is InChI=1S/C14H20BrN/c1-2-16-13-8-7-11(10-13)9-12-5-3-4-6-14(12)15/h3-6,11,13,16H,2,7-10H2,1H3. The van der Waals surface area contributed by atoms with Gasteiger partial charge in [0.15, 0.2) is 0 Å². The molecule has 1 nitrogen and oxygen atoms in total. The highest BCUT2D eigenvalue weighted by Gasteiger charge is 2.24. The molecule has 1 aromatic carbocycles. The van der Waals surface area contributed by atoms with Crippen LogP contribution in [0.5, 0.6) is 0 Å². The summed E-state index contributed by atoms with van der Waals surface area (Å²) >= 11 is 3.63. The maximum Gasteiger partial charge on any atom is 0.0207 e. The van der Waals surface area contributed by atoms with Gasteiger partial charge in [0, 0.05) is 10.5 Å². The van der Waals surface area contributed by atoms with Gasteiger partial charge < -0.3 is 5.32 Å². The maximum absolute atomic E-state index is 3.63. The number of hydrogen-bond acceptors (Lipinski definition) is 1. The summed E-state index contributed by atoms with van der Waals surface area (Å²) in [5.74, 6) is 0.864. The van der Waals surface area contributed by atoms with Crippen LogP contribution in [0.3, 0.4) is 0 Å². The van der Waals surface area contributed by atoms with Crippen LogP contribution in [-0.2, 0) is 6.42 Å². The van der Waals surface area contributed by atoms with Crippen molar-refractivity contribution in [2.24, 2.45) is 5.92 Å². The Morgan fingerprint density at radius 2 is 2.12 bits per heavy atom. The summed E-state index contributed by atoms with van der Waals surface area (Å²) in [5, 5.41) is 3.56. The third kappa shape index (κ3) is 3.08. The van der Waals surface area contributed by atoms with Crippen LogP contribution in [0.1, 0.15) is 31.7 Å². The predicted molar refractivity (Wildman–Crippen MR) is 72.7 cm³/mol. The molecule has 0 bridgehead atoms. The molecule has 2 unspecified atom stereocenters. The van der Waals surface area contributed by atoms with Crippen LogP contribution >= 0.6 is 15.9 Å². The minimum atomic E-state index is 0.762. The first-order valence-electron chi connectivity index (χ1n) is 6.26. The van der Waals surface area contributed by atoms with Crippen LogP contribution in [0, 0.1) is 5.92 Å². The molecule has 1 saturated carbocycles. The molecule has 1 fully saturated rings. The summed E-state index contributed by atoms with van der Waals surface area (Å²) in [6.45, 7) is 3.30. The first kappa shape index (κ1) is 12.1. The second-order valence-electron chi connectivity index (χ2n) is 4.73. The van der Waals surface area contributed by atoms with Crippen molar-refractivity contribution in [2.75, 3.05) is 6.54 Å². The van der Waals surface area contributed by atoms with Gasteiger partial charge in [0.2, 0.25) is 0 Å². The van der Waals surface area contributed by atoms with E-state index in [1.807, 2.05) is 0 Å². The first-order chi connectivity index (χ1) is 7.79. The highest BCUT2D eigenvalue weighted by Crippen LogP contribution is 2.30. The highest BCUT2D eigenvalue weighted by molar-refractivity contribution is 9.10. The molecule has 2 heteroatoms. The average Bonchev–Trinajstić information content (AvgIpc) is 2.70. The lowest BCUT2D eigenvalue weighted by Gasteiger charge is -2.12. The van der Waals surface area contributed by atoms with Crippen molar-refractivity contribution in [3.63, 3.8) is 0 Å². The molecule has 1 N–H and O–H groups in total. The predicted octanol–water partition coefficient (Wildman–Crippen LogP) is 3.77. The smallest absolute Gasteiger partial charge is 0.0207 e. The summed E-state index contributed by atoms with van der Waals surface area (Å²) in [7, 11) is 0. The second kappa shape index (κ2) is 5.83. The van der Waals surface area contributed by atoms with E-state index in [1.165, 1.54) is 35.7 Å². The largest absolute Gasteiger partial charge is 0.314 e. The molecular weight excluding hydrogens is 262 g/mol. The summed E-state index contributed by atoms with van der Waals surface area (Å²) < 4.78 is 1.27. The molecular formula is C14H20BrN. The number of halogens is 1. The van der Waals surface area contributed by atoms with E-state index in [1.54, 1.807) is 0 Å². The normalized spacial score (nSPS) is 24.9. The van der Waals surface area contributed by atoms with Crippen molar-refractivity contribution < 1.29 is 0 Å². The van der Waals surface area contributed by atoms with Gasteiger partial charge in [-0.2, -0.15) is 0 Å². The van der Waals surface area contributed by atoms with Crippen LogP contribution in [0.25, 0.3) is 0 Å². The van der Waals surface area contributed by atoms with Crippen molar-refractivity contribution in [3.8, 4) is 0 Å². The third-order valence-electron chi connectivity index (χ3n) is 3.50. The lowest BCUT2D eigenvalue weighted by Crippen LogP contribution is -2.25. The van der Waals surface area contributed by atoms with E-state index in [2.05, 4.69) is 52.4 Å². The summed E-state index contributed by atoms with van der Waals surface area (Å²) in [6, 6.07) is 9.37. The van der Waals surface area contributed by atoms with E-state index in [-0.39, 0.29) is 0 Å². The lowest BCUT2D eigenvalue weighted by atomic mass is 9.98. The van der Waals surface area contributed by atoms with Crippen molar-refractivity contribution in [1.82, 2.24) is 5.32 Å². The zero-order valence-electron chi connectivity index (χ0n) is 9.88. The highest BCUT2D eigenvalue weighted by atomic mass is 79.9. The van der Waals surface area contributed by atoms with E-state index < -0.39 is 0 Å². The summed E-state index contributed by atoms with van der Waals surface area (Å²) in [5.41, 5.74) is 1.46.